The number of halogens is 1. The average molecular weight is 561 g/mol. The minimum absolute atomic E-state index is 0.0734. The molecule has 0 saturated carbocycles. The van der Waals surface area contributed by atoms with Crippen molar-refractivity contribution < 1.29 is 29.0 Å². The second-order valence-corrected chi connectivity index (χ2v) is 9.93. The third kappa shape index (κ3) is 4.91. The van der Waals surface area contributed by atoms with E-state index in [1.165, 1.54) is 9.80 Å². The lowest BCUT2D eigenvalue weighted by Gasteiger charge is -2.16. The first-order valence-corrected chi connectivity index (χ1v) is 12.1. The Kier molecular flexibility index (Phi) is 7.15. The van der Waals surface area contributed by atoms with Crippen molar-refractivity contribution in [3.05, 3.63) is 69.0 Å². The molecule has 0 spiro atoms. The maximum absolute atomic E-state index is 13.4. The molecule has 2 aliphatic rings. The maximum Gasteiger partial charge on any atom is 0.326 e. The van der Waals surface area contributed by atoms with Gasteiger partial charge >= 0.3 is 11.9 Å². The molecule has 0 aromatic heterocycles. The second-order valence-electron chi connectivity index (χ2n) is 7.37. The Morgan fingerprint density at radius 1 is 1.06 bits per heavy atom. The van der Waals surface area contributed by atoms with Crippen molar-refractivity contribution in [1.29, 1.82) is 0 Å². The molecule has 0 bridgehead atoms. The number of hydrogen-bond acceptors (Lipinski definition) is 7. The Bertz CT molecular complexity index is 1250. The van der Waals surface area contributed by atoms with Crippen molar-refractivity contribution in [2.75, 3.05) is 18.0 Å². The van der Waals surface area contributed by atoms with E-state index in [1.807, 2.05) is 30.3 Å². The van der Waals surface area contributed by atoms with E-state index in [-0.39, 0.29) is 40.9 Å². The molecule has 174 valence electrons. The Labute approximate surface area is 212 Å². The summed E-state index contributed by atoms with van der Waals surface area (Å²) in [6, 6.07) is 14.3. The van der Waals surface area contributed by atoms with Crippen LogP contribution in [0.3, 0.4) is 0 Å². The van der Waals surface area contributed by atoms with Crippen LogP contribution in [0.4, 0.5) is 5.69 Å². The Morgan fingerprint density at radius 2 is 1.79 bits per heavy atom. The first-order valence-electron chi connectivity index (χ1n) is 10.1. The van der Waals surface area contributed by atoms with Gasteiger partial charge in [-0.3, -0.25) is 29.0 Å². The van der Waals surface area contributed by atoms with Gasteiger partial charge in [0.15, 0.2) is 0 Å². The molecule has 0 radical (unpaired) electrons. The molecule has 1 saturated heterocycles. The van der Waals surface area contributed by atoms with Gasteiger partial charge in [-0.05, 0) is 23.8 Å². The zero-order valence-electron chi connectivity index (χ0n) is 17.5. The van der Waals surface area contributed by atoms with Gasteiger partial charge in [-0.2, -0.15) is 0 Å². The molecule has 1 fully saturated rings. The summed E-state index contributed by atoms with van der Waals surface area (Å²) in [5, 5.41) is 8.95. The van der Waals surface area contributed by atoms with E-state index in [0.29, 0.717) is 15.7 Å². The number of amides is 2. The van der Waals surface area contributed by atoms with Gasteiger partial charge in [0.2, 0.25) is 0 Å². The largest absolute Gasteiger partial charge is 0.481 e. The highest BCUT2D eigenvalue weighted by Crippen LogP contribution is 2.45. The molecule has 0 aliphatic carbocycles. The summed E-state index contributed by atoms with van der Waals surface area (Å²) < 4.78 is 6.20. The highest BCUT2D eigenvalue weighted by atomic mass is 79.9. The number of fused-ring (bicyclic) bond motifs is 1. The Morgan fingerprint density at radius 3 is 2.50 bits per heavy atom. The number of thioether (sulfide) groups is 1. The molecule has 0 unspecified atom stereocenters. The molecule has 2 aliphatic heterocycles. The zero-order valence-corrected chi connectivity index (χ0v) is 20.7. The molecule has 8 nitrogen and oxygen atoms in total. The lowest BCUT2D eigenvalue weighted by molar-refractivity contribution is -0.144. The number of carbonyl (C=O) groups excluding carboxylic acids is 3. The topological polar surface area (TPSA) is 104 Å². The van der Waals surface area contributed by atoms with Crippen molar-refractivity contribution in [2.24, 2.45) is 0 Å². The van der Waals surface area contributed by atoms with Gasteiger partial charge < -0.3 is 9.84 Å². The lowest BCUT2D eigenvalue weighted by atomic mass is 10.1. The van der Waals surface area contributed by atoms with Crippen LogP contribution in [0.2, 0.25) is 0 Å². The smallest absolute Gasteiger partial charge is 0.326 e. The average Bonchev–Trinajstić information content (AvgIpc) is 3.23. The van der Waals surface area contributed by atoms with E-state index in [1.54, 1.807) is 18.2 Å². The number of carboxylic acids is 1. The van der Waals surface area contributed by atoms with E-state index in [9.17, 15) is 19.2 Å². The van der Waals surface area contributed by atoms with Crippen LogP contribution >= 0.6 is 39.9 Å². The number of ether oxygens (including phenoxy) is 1. The molecule has 11 heteroatoms. The quantitative estimate of drug-likeness (QED) is 0.311. The predicted octanol–water partition coefficient (Wildman–Crippen LogP) is 3.59. The minimum atomic E-state index is -1.06. The number of rotatable bonds is 7. The van der Waals surface area contributed by atoms with Crippen LogP contribution in [-0.2, 0) is 30.5 Å². The van der Waals surface area contributed by atoms with Crippen molar-refractivity contribution in [1.82, 2.24) is 4.90 Å². The van der Waals surface area contributed by atoms with Gasteiger partial charge in [0.25, 0.3) is 11.8 Å². The summed E-state index contributed by atoms with van der Waals surface area (Å²) in [6.07, 6.45) is -0.273. The van der Waals surface area contributed by atoms with Gasteiger partial charge in [-0.25, -0.2) is 0 Å². The zero-order chi connectivity index (χ0) is 24.4. The monoisotopic (exact) mass is 560 g/mol. The number of carboxylic acid groups (broad SMARTS) is 1. The van der Waals surface area contributed by atoms with Gasteiger partial charge in [-0.15, -0.1) is 0 Å². The molecule has 2 aromatic carbocycles. The number of benzene rings is 2. The molecule has 2 amide bonds. The fraction of sp³-hybridized carbons (Fsp3) is 0.174. The standard InChI is InChI=1S/C23H17BrN2O6S2/c24-14-6-7-16-15(10-14)19(20-22(31)25(23(33)34-20)9-8-17(27)28)21(30)26(16)11-18(29)32-12-13-4-2-1-3-5-13/h1-7,10H,8-9,11-12H2,(H,27,28)/b20-19-. The minimum Gasteiger partial charge on any atom is -0.481 e. The van der Waals surface area contributed by atoms with E-state index < -0.39 is 23.8 Å². The SMILES string of the molecule is O=C(O)CCN1C(=O)/C(=C2/C(=O)N(CC(=O)OCc3ccccc3)c3ccc(Br)cc32)SC1=S. The third-order valence-electron chi connectivity index (χ3n) is 5.13. The number of hydrogen-bond donors (Lipinski definition) is 1. The Balaban J connectivity index is 1.61. The Hall–Kier alpha value is -3.02. The highest BCUT2D eigenvalue weighted by molar-refractivity contribution is 9.10. The molecule has 2 aromatic rings. The number of nitrogens with zero attached hydrogens (tertiary/aromatic N) is 2. The van der Waals surface area contributed by atoms with Crippen molar-refractivity contribution in [3.63, 3.8) is 0 Å². The van der Waals surface area contributed by atoms with Crippen LogP contribution in [0, 0.1) is 0 Å². The van der Waals surface area contributed by atoms with Crippen molar-refractivity contribution in [2.45, 2.75) is 13.0 Å². The summed E-state index contributed by atoms with van der Waals surface area (Å²) in [6.45, 7) is -0.348. The third-order valence-corrected chi connectivity index (χ3v) is 7.07. The molecular weight excluding hydrogens is 544 g/mol. The number of esters is 1. The van der Waals surface area contributed by atoms with Gasteiger partial charge in [0.1, 0.15) is 17.5 Å². The molecule has 0 atom stereocenters. The van der Waals surface area contributed by atoms with E-state index in [0.717, 1.165) is 17.3 Å². The van der Waals surface area contributed by atoms with Gasteiger partial charge in [-0.1, -0.05) is 70.2 Å². The molecule has 4 rings (SSSR count). The van der Waals surface area contributed by atoms with E-state index >= 15 is 0 Å². The first-order chi connectivity index (χ1) is 16.3. The number of thiocarbonyl (C=S) groups is 1. The van der Waals surface area contributed by atoms with E-state index in [2.05, 4.69) is 15.9 Å². The summed E-state index contributed by atoms with van der Waals surface area (Å²) in [7, 11) is 0. The van der Waals surface area contributed by atoms with Crippen LogP contribution in [0.25, 0.3) is 5.57 Å². The van der Waals surface area contributed by atoms with Gasteiger partial charge in [0.05, 0.1) is 22.6 Å². The van der Waals surface area contributed by atoms with Crippen LogP contribution in [0.15, 0.2) is 57.9 Å². The fourth-order valence-electron chi connectivity index (χ4n) is 3.54. The van der Waals surface area contributed by atoms with Gasteiger partial charge in [0, 0.05) is 16.6 Å². The molecule has 1 N–H and O–H groups in total. The van der Waals surface area contributed by atoms with Crippen LogP contribution in [0.5, 0.6) is 0 Å². The molecule has 34 heavy (non-hydrogen) atoms. The summed E-state index contributed by atoms with van der Waals surface area (Å²) >= 11 is 9.59. The summed E-state index contributed by atoms with van der Waals surface area (Å²) in [5.41, 5.74) is 1.89. The fourth-order valence-corrected chi connectivity index (χ4v) is 5.28. The number of aliphatic carboxylic acids is 1. The first kappa shape index (κ1) is 24.1. The lowest BCUT2D eigenvalue weighted by Crippen LogP contribution is -2.34. The van der Waals surface area contributed by atoms with Crippen molar-refractivity contribution >= 4 is 79.2 Å². The van der Waals surface area contributed by atoms with Crippen LogP contribution in [-0.4, -0.2) is 51.2 Å². The normalized spacial score (nSPS) is 17.4. The second kappa shape index (κ2) is 10.1. The molecular formula is C23H17BrN2O6S2. The number of carbonyl (C=O) groups is 4. The maximum atomic E-state index is 13.4. The summed E-state index contributed by atoms with van der Waals surface area (Å²) in [4.78, 5) is 52.5. The van der Waals surface area contributed by atoms with Crippen LogP contribution in [0.1, 0.15) is 17.5 Å². The summed E-state index contributed by atoms with van der Waals surface area (Å²) in [5.74, 6) is -2.71. The van der Waals surface area contributed by atoms with E-state index in [4.69, 9.17) is 22.1 Å². The molecule has 2 heterocycles. The van der Waals surface area contributed by atoms with Crippen molar-refractivity contribution in [3.8, 4) is 0 Å². The van der Waals surface area contributed by atoms with Crippen LogP contribution < -0.4 is 4.90 Å². The predicted molar refractivity (Wildman–Crippen MR) is 134 cm³/mol. The number of anilines is 1. The highest BCUT2D eigenvalue weighted by Gasteiger charge is 2.42.